The molecule has 0 spiro atoms. The maximum Gasteiger partial charge on any atom is 0.234 e. The van der Waals surface area contributed by atoms with Crippen molar-refractivity contribution in [2.75, 3.05) is 25.2 Å². The van der Waals surface area contributed by atoms with Crippen molar-refractivity contribution >= 4 is 35.0 Å². The Morgan fingerprint density at radius 3 is 2.40 bits per heavy atom. The first-order chi connectivity index (χ1) is 14.2. The van der Waals surface area contributed by atoms with E-state index in [1.165, 1.54) is 11.8 Å². The second kappa shape index (κ2) is 9.55. The number of carbonyl (C=O) groups is 1. The van der Waals surface area contributed by atoms with Gasteiger partial charge >= 0.3 is 0 Å². The SMILES string of the molecule is CC(c1nnc(SCC(=O)Nc2cc(F)cc(F)c2)n1-c1ccc(Cl)cc1)N(C)C. The van der Waals surface area contributed by atoms with E-state index in [4.69, 9.17) is 11.6 Å². The number of aromatic nitrogens is 3. The third kappa shape index (κ3) is 5.35. The zero-order valence-corrected chi connectivity index (χ0v) is 18.1. The molecule has 1 N–H and O–H groups in total. The smallest absolute Gasteiger partial charge is 0.234 e. The molecule has 10 heteroatoms. The number of benzene rings is 2. The fourth-order valence-corrected chi connectivity index (χ4v) is 3.55. The van der Waals surface area contributed by atoms with Gasteiger partial charge in [0.05, 0.1) is 11.8 Å². The first-order valence-corrected chi connectivity index (χ1v) is 10.4. The number of carbonyl (C=O) groups excluding carboxylic acids is 1. The molecule has 0 aliphatic rings. The topological polar surface area (TPSA) is 63.1 Å². The van der Waals surface area contributed by atoms with Crippen LogP contribution in [0.4, 0.5) is 14.5 Å². The summed E-state index contributed by atoms with van der Waals surface area (Å²) in [5.74, 6) is -1.25. The van der Waals surface area contributed by atoms with Gasteiger partial charge in [0.15, 0.2) is 11.0 Å². The Morgan fingerprint density at radius 2 is 1.80 bits per heavy atom. The summed E-state index contributed by atoms with van der Waals surface area (Å²) in [6.45, 7) is 2.00. The van der Waals surface area contributed by atoms with Crippen LogP contribution in [0, 0.1) is 11.6 Å². The first kappa shape index (κ1) is 22.2. The van der Waals surface area contributed by atoms with E-state index in [1.54, 1.807) is 12.1 Å². The first-order valence-electron chi connectivity index (χ1n) is 9.01. The van der Waals surface area contributed by atoms with E-state index in [9.17, 15) is 13.6 Å². The molecule has 0 aliphatic heterocycles. The molecule has 1 atom stereocenters. The Labute approximate surface area is 182 Å². The van der Waals surface area contributed by atoms with Crippen LogP contribution in [0.1, 0.15) is 18.8 Å². The second-order valence-corrected chi connectivity index (χ2v) is 8.17. The van der Waals surface area contributed by atoms with Gasteiger partial charge in [0.2, 0.25) is 5.91 Å². The van der Waals surface area contributed by atoms with Crippen LogP contribution in [0.2, 0.25) is 5.02 Å². The van der Waals surface area contributed by atoms with Gasteiger partial charge in [-0.3, -0.25) is 14.3 Å². The van der Waals surface area contributed by atoms with Crippen molar-refractivity contribution in [2.24, 2.45) is 0 Å². The largest absolute Gasteiger partial charge is 0.325 e. The Balaban J connectivity index is 1.81. The number of anilines is 1. The highest BCUT2D eigenvalue weighted by molar-refractivity contribution is 7.99. The van der Waals surface area contributed by atoms with Gasteiger partial charge < -0.3 is 5.32 Å². The lowest BCUT2D eigenvalue weighted by Gasteiger charge is -2.20. The van der Waals surface area contributed by atoms with Crippen LogP contribution in [-0.4, -0.2) is 45.4 Å². The molecule has 0 saturated heterocycles. The summed E-state index contributed by atoms with van der Waals surface area (Å²) in [6.07, 6.45) is 0. The molecule has 158 valence electrons. The zero-order chi connectivity index (χ0) is 21.8. The van der Waals surface area contributed by atoms with Crippen LogP contribution < -0.4 is 5.32 Å². The van der Waals surface area contributed by atoms with Crippen molar-refractivity contribution in [3.8, 4) is 5.69 Å². The molecule has 0 bridgehead atoms. The molecule has 3 rings (SSSR count). The maximum absolute atomic E-state index is 13.3. The molecular weight excluding hydrogens is 432 g/mol. The van der Waals surface area contributed by atoms with Crippen LogP contribution in [0.5, 0.6) is 0 Å². The normalized spacial score (nSPS) is 12.2. The van der Waals surface area contributed by atoms with Gasteiger partial charge in [-0.2, -0.15) is 0 Å². The zero-order valence-electron chi connectivity index (χ0n) is 16.6. The maximum atomic E-state index is 13.3. The number of hydrogen-bond donors (Lipinski definition) is 1. The summed E-state index contributed by atoms with van der Waals surface area (Å²) in [7, 11) is 3.87. The molecule has 6 nitrogen and oxygen atoms in total. The van der Waals surface area contributed by atoms with Gasteiger partial charge in [0.1, 0.15) is 11.6 Å². The fraction of sp³-hybridized carbons (Fsp3) is 0.250. The molecule has 1 aromatic heterocycles. The highest BCUT2D eigenvalue weighted by Crippen LogP contribution is 2.27. The molecule has 0 radical (unpaired) electrons. The predicted octanol–water partition coefficient (Wildman–Crippen LogP) is 4.55. The molecule has 1 amide bonds. The minimum absolute atomic E-state index is 0.0137. The van der Waals surface area contributed by atoms with Crippen LogP contribution >= 0.6 is 23.4 Å². The summed E-state index contributed by atoms with van der Waals surface area (Å²) in [5, 5.41) is 12.2. The van der Waals surface area contributed by atoms with Crippen LogP contribution in [0.15, 0.2) is 47.6 Å². The van der Waals surface area contributed by atoms with Gasteiger partial charge in [-0.25, -0.2) is 8.78 Å². The average molecular weight is 452 g/mol. The Hall–Kier alpha value is -2.49. The lowest BCUT2D eigenvalue weighted by molar-refractivity contribution is -0.113. The fourth-order valence-electron chi connectivity index (χ4n) is 2.66. The van der Waals surface area contributed by atoms with Gasteiger partial charge in [0.25, 0.3) is 0 Å². The van der Waals surface area contributed by atoms with Gasteiger partial charge in [-0.05, 0) is 57.4 Å². The molecule has 1 unspecified atom stereocenters. The number of halogens is 3. The van der Waals surface area contributed by atoms with Crippen LogP contribution in [0.25, 0.3) is 5.69 Å². The number of rotatable bonds is 7. The van der Waals surface area contributed by atoms with Crippen molar-refractivity contribution in [1.82, 2.24) is 19.7 Å². The minimum atomic E-state index is -0.761. The second-order valence-electron chi connectivity index (χ2n) is 6.79. The molecule has 30 heavy (non-hydrogen) atoms. The van der Waals surface area contributed by atoms with E-state index in [1.807, 2.05) is 42.6 Å². The van der Waals surface area contributed by atoms with Crippen LogP contribution in [0.3, 0.4) is 0 Å². The minimum Gasteiger partial charge on any atom is -0.325 e. The Kier molecular flexibility index (Phi) is 7.06. The number of nitrogens with one attached hydrogen (secondary N) is 1. The molecule has 0 aliphatic carbocycles. The van der Waals surface area contributed by atoms with Crippen molar-refractivity contribution in [3.05, 3.63) is 64.9 Å². The predicted molar refractivity (Wildman–Crippen MR) is 114 cm³/mol. The summed E-state index contributed by atoms with van der Waals surface area (Å²) in [6, 6.07) is 10.0. The summed E-state index contributed by atoms with van der Waals surface area (Å²) < 4.78 is 28.5. The van der Waals surface area contributed by atoms with Crippen molar-refractivity contribution in [3.63, 3.8) is 0 Å². The molecule has 0 fully saturated rings. The van der Waals surface area contributed by atoms with E-state index in [2.05, 4.69) is 15.5 Å². The van der Waals surface area contributed by atoms with Crippen LogP contribution in [-0.2, 0) is 4.79 Å². The molecule has 1 heterocycles. The summed E-state index contributed by atoms with van der Waals surface area (Å²) in [5.41, 5.74) is 0.863. The van der Waals surface area contributed by atoms with Crippen molar-refractivity contribution in [2.45, 2.75) is 18.1 Å². The monoisotopic (exact) mass is 451 g/mol. The summed E-state index contributed by atoms with van der Waals surface area (Å²) >= 11 is 7.18. The lowest BCUT2D eigenvalue weighted by Crippen LogP contribution is -2.21. The Bertz CT molecular complexity index is 1020. The van der Waals surface area contributed by atoms with Crippen molar-refractivity contribution < 1.29 is 13.6 Å². The lowest BCUT2D eigenvalue weighted by atomic mass is 10.2. The molecule has 3 aromatic rings. The Morgan fingerprint density at radius 1 is 1.17 bits per heavy atom. The number of hydrogen-bond acceptors (Lipinski definition) is 5. The summed E-state index contributed by atoms with van der Waals surface area (Å²) in [4.78, 5) is 14.3. The highest BCUT2D eigenvalue weighted by atomic mass is 35.5. The van der Waals surface area contributed by atoms with E-state index in [0.29, 0.717) is 16.0 Å². The molecule has 0 saturated carbocycles. The standard InChI is InChI=1S/C20H20ClF2N5OS/c1-12(27(2)3)19-25-26-20(28(19)17-6-4-13(21)5-7-17)30-11-18(29)24-16-9-14(22)8-15(23)10-16/h4-10,12H,11H2,1-3H3,(H,24,29). The van der Waals surface area contributed by atoms with E-state index in [0.717, 1.165) is 23.9 Å². The van der Waals surface area contributed by atoms with Crippen molar-refractivity contribution in [1.29, 1.82) is 0 Å². The van der Waals surface area contributed by atoms with E-state index in [-0.39, 0.29) is 17.5 Å². The quantitative estimate of drug-likeness (QED) is 0.534. The molecule has 2 aromatic carbocycles. The molecular formula is C20H20ClF2N5OS. The number of amides is 1. The van der Waals surface area contributed by atoms with Gasteiger partial charge in [-0.15, -0.1) is 10.2 Å². The third-order valence-corrected chi connectivity index (χ3v) is 5.55. The van der Waals surface area contributed by atoms with Gasteiger partial charge in [-0.1, -0.05) is 23.4 Å². The number of nitrogens with zero attached hydrogens (tertiary/aromatic N) is 4. The average Bonchev–Trinajstić information content (AvgIpc) is 3.09. The van der Waals surface area contributed by atoms with Gasteiger partial charge in [0, 0.05) is 22.5 Å². The number of thioether (sulfide) groups is 1. The third-order valence-electron chi connectivity index (χ3n) is 4.37. The van der Waals surface area contributed by atoms with E-state index >= 15 is 0 Å². The van der Waals surface area contributed by atoms with E-state index < -0.39 is 17.5 Å². The highest BCUT2D eigenvalue weighted by Gasteiger charge is 2.21.